The summed E-state index contributed by atoms with van der Waals surface area (Å²) in [7, 11) is 3.54. The highest BCUT2D eigenvalue weighted by Gasteiger charge is 2.56. The average Bonchev–Trinajstić information content (AvgIpc) is 3.47. The molecule has 6 rings (SSSR count). The van der Waals surface area contributed by atoms with E-state index in [2.05, 4.69) is 46.4 Å². The van der Waals surface area contributed by atoms with Gasteiger partial charge in [-0.2, -0.15) is 0 Å². The molecule has 8 heteroatoms. The van der Waals surface area contributed by atoms with Gasteiger partial charge in [-0.15, -0.1) is 5.10 Å². The summed E-state index contributed by atoms with van der Waals surface area (Å²) in [4.78, 5) is 19.0. The predicted molar refractivity (Wildman–Crippen MR) is 152 cm³/mol. The lowest BCUT2D eigenvalue weighted by atomic mass is 9.68. The maximum atomic E-state index is 14.6. The van der Waals surface area contributed by atoms with Crippen molar-refractivity contribution in [2.24, 2.45) is 7.05 Å². The minimum absolute atomic E-state index is 0.0839. The van der Waals surface area contributed by atoms with Crippen molar-refractivity contribution in [2.45, 2.75) is 50.4 Å². The first-order chi connectivity index (χ1) is 18.9. The molecule has 1 fully saturated rings. The summed E-state index contributed by atoms with van der Waals surface area (Å²) in [6.07, 6.45) is 3.28. The van der Waals surface area contributed by atoms with Crippen LogP contribution in [0, 0.1) is 0 Å². The lowest BCUT2D eigenvalue weighted by Crippen LogP contribution is -2.53. The molecular weight excluding hydrogens is 510 g/mol. The van der Waals surface area contributed by atoms with Gasteiger partial charge in [-0.1, -0.05) is 59.3 Å². The van der Waals surface area contributed by atoms with E-state index < -0.39 is 5.41 Å². The van der Waals surface area contributed by atoms with Gasteiger partial charge in [-0.05, 0) is 66.8 Å². The molecule has 0 saturated carbocycles. The molecule has 3 aromatic carbocycles. The second-order valence-corrected chi connectivity index (χ2v) is 11.2. The van der Waals surface area contributed by atoms with Crippen molar-refractivity contribution in [3.8, 4) is 5.75 Å². The molecule has 7 nitrogen and oxygen atoms in total. The molecule has 3 atom stereocenters. The molecule has 1 spiro atoms. The molecule has 0 bridgehead atoms. The SMILES string of the molecule is COc1ccc(CN2C(=O)[C@@]3(C[C@H](C)N(Cc4ccccc4)[C@H](c4cn(C)nn4)C3)c3cc(Cl)ccc32)cc1. The van der Waals surface area contributed by atoms with Gasteiger partial charge in [0.1, 0.15) is 5.75 Å². The van der Waals surface area contributed by atoms with Crippen LogP contribution in [-0.2, 0) is 30.3 Å². The van der Waals surface area contributed by atoms with Gasteiger partial charge in [-0.25, -0.2) is 0 Å². The zero-order valence-corrected chi connectivity index (χ0v) is 23.2. The number of carbonyl (C=O) groups excluding carboxylic acids is 1. The summed E-state index contributed by atoms with van der Waals surface area (Å²) in [5, 5.41) is 9.42. The number of hydrogen-bond donors (Lipinski definition) is 0. The quantitative estimate of drug-likeness (QED) is 0.314. The summed E-state index contributed by atoms with van der Waals surface area (Å²) < 4.78 is 7.06. The van der Waals surface area contributed by atoms with Crippen LogP contribution in [-0.4, -0.2) is 39.0 Å². The number of hydrogen-bond acceptors (Lipinski definition) is 5. The molecule has 0 aliphatic carbocycles. The molecule has 1 aromatic heterocycles. The maximum Gasteiger partial charge on any atom is 0.238 e. The van der Waals surface area contributed by atoms with Crippen molar-refractivity contribution in [3.05, 3.63) is 106 Å². The van der Waals surface area contributed by atoms with Crippen LogP contribution in [0.3, 0.4) is 0 Å². The van der Waals surface area contributed by atoms with Gasteiger partial charge in [0.2, 0.25) is 5.91 Å². The number of aromatic nitrogens is 3. The Morgan fingerprint density at radius 1 is 1.00 bits per heavy atom. The van der Waals surface area contributed by atoms with Gasteiger partial charge in [0.05, 0.1) is 30.8 Å². The summed E-state index contributed by atoms with van der Waals surface area (Å²) in [5.74, 6) is 0.914. The molecular formula is C31H32ClN5O2. The van der Waals surface area contributed by atoms with Gasteiger partial charge >= 0.3 is 0 Å². The second-order valence-electron chi connectivity index (χ2n) is 10.7. The number of halogens is 1. The van der Waals surface area contributed by atoms with Crippen molar-refractivity contribution >= 4 is 23.2 Å². The Balaban J connectivity index is 1.41. The number of benzene rings is 3. The van der Waals surface area contributed by atoms with E-state index in [-0.39, 0.29) is 18.0 Å². The molecule has 4 aromatic rings. The smallest absolute Gasteiger partial charge is 0.238 e. The highest BCUT2D eigenvalue weighted by Crippen LogP contribution is 2.54. The van der Waals surface area contributed by atoms with Gasteiger partial charge in [0.25, 0.3) is 0 Å². The van der Waals surface area contributed by atoms with Crippen molar-refractivity contribution < 1.29 is 9.53 Å². The Hall–Kier alpha value is -3.68. The lowest BCUT2D eigenvalue weighted by Gasteiger charge is -2.47. The van der Waals surface area contributed by atoms with Crippen molar-refractivity contribution in [3.63, 3.8) is 0 Å². The Bertz CT molecular complexity index is 1490. The zero-order chi connectivity index (χ0) is 27.1. The lowest BCUT2D eigenvalue weighted by molar-refractivity contribution is -0.127. The molecule has 1 saturated heterocycles. The molecule has 2 aliphatic rings. The molecule has 0 unspecified atom stereocenters. The minimum Gasteiger partial charge on any atom is -0.497 e. The number of ether oxygens (including phenoxy) is 1. The number of aryl methyl sites for hydroxylation is 1. The molecule has 200 valence electrons. The first-order valence-corrected chi connectivity index (χ1v) is 13.7. The third-order valence-corrected chi connectivity index (χ3v) is 8.48. The summed E-state index contributed by atoms with van der Waals surface area (Å²) in [5.41, 5.74) is 4.39. The number of fused-ring (bicyclic) bond motifs is 2. The molecule has 3 heterocycles. The number of amides is 1. The van der Waals surface area contributed by atoms with Crippen LogP contribution in [0.15, 0.2) is 79.0 Å². The molecule has 39 heavy (non-hydrogen) atoms. The zero-order valence-electron chi connectivity index (χ0n) is 22.4. The van der Waals surface area contributed by atoms with E-state index >= 15 is 0 Å². The standard InChI is InChI=1S/C31H32ClN5O2/c1-21-16-31(17-29(27-20-35(2)34-33-27)36(21)18-22-7-5-4-6-8-22)26-15-24(32)11-14-28(26)37(30(31)38)19-23-9-12-25(39-3)13-10-23/h4-15,20-21,29H,16-19H2,1-3H3/t21-,29-,31+/m0/s1. The summed E-state index contributed by atoms with van der Waals surface area (Å²) in [6.45, 7) is 3.47. The number of nitrogens with zero attached hydrogens (tertiary/aromatic N) is 5. The molecule has 1 amide bonds. The van der Waals surface area contributed by atoms with Crippen LogP contribution < -0.4 is 9.64 Å². The Kier molecular flexibility index (Phi) is 6.65. The first-order valence-electron chi connectivity index (χ1n) is 13.3. The van der Waals surface area contributed by atoms with E-state index in [4.69, 9.17) is 16.3 Å². The van der Waals surface area contributed by atoms with E-state index in [0.29, 0.717) is 24.4 Å². The van der Waals surface area contributed by atoms with E-state index in [1.54, 1.807) is 11.8 Å². The van der Waals surface area contributed by atoms with Crippen LogP contribution in [0.25, 0.3) is 0 Å². The van der Waals surface area contributed by atoms with Crippen LogP contribution in [0.5, 0.6) is 5.75 Å². The number of anilines is 1. The summed E-state index contributed by atoms with van der Waals surface area (Å²) in [6, 6.07) is 24.3. The van der Waals surface area contributed by atoms with E-state index in [1.165, 1.54) is 5.56 Å². The molecule has 0 N–H and O–H groups in total. The average molecular weight is 542 g/mol. The predicted octanol–water partition coefficient (Wildman–Crippen LogP) is 5.69. The summed E-state index contributed by atoms with van der Waals surface area (Å²) >= 11 is 6.56. The minimum atomic E-state index is -0.707. The van der Waals surface area contributed by atoms with Crippen LogP contribution in [0.2, 0.25) is 5.02 Å². The first kappa shape index (κ1) is 25.6. The normalized spacial score (nSPS) is 22.9. The van der Waals surface area contributed by atoms with Gasteiger partial charge < -0.3 is 9.64 Å². The number of carbonyl (C=O) groups is 1. The second kappa shape index (κ2) is 10.1. The van der Waals surface area contributed by atoms with Gasteiger partial charge in [-0.3, -0.25) is 14.4 Å². The van der Waals surface area contributed by atoms with Gasteiger partial charge in [0.15, 0.2) is 0 Å². The third-order valence-electron chi connectivity index (χ3n) is 8.24. The fourth-order valence-corrected chi connectivity index (χ4v) is 6.56. The van der Waals surface area contributed by atoms with Crippen LogP contribution >= 0.6 is 11.6 Å². The number of rotatable bonds is 6. The Morgan fingerprint density at radius 3 is 2.44 bits per heavy atom. The van der Waals surface area contributed by atoms with E-state index in [9.17, 15) is 4.79 Å². The Morgan fingerprint density at radius 2 is 1.74 bits per heavy atom. The Labute approximate surface area is 233 Å². The van der Waals surface area contributed by atoms with Crippen LogP contribution in [0.1, 0.15) is 48.2 Å². The van der Waals surface area contributed by atoms with Crippen molar-refractivity contribution in [1.82, 2.24) is 19.9 Å². The van der Waals surface area contributed by atoms with E-state index in [1.807, 2.05) is 66.7 Å². The van der Waals surface area contributed by atoms with Crippen molar-refractivity contribution in [2.75, 3.05) is 12.0 Å². The number of piperidine rings is 1. The fourth-order valence-electron chi connectivity index (χ4n) is 6.39. The third kappa shape index (κ3) is 4.60. The number of likely N-dealkylation sites (tertiary alicyclic amines) is 1. The maximum absolute atomic E-state index is 14.6. The largest absolute Gasteiger partial charge is 0.497 e. The number of methoxy groups -OCH3 is 1. The van der Waals surface area contributed by atoms with Crippen LogP contribution in [0.4, 0.5) is 5.69 Å². The molecule has 2 aliphatic heterocycles. The van der Waals surface area contributed by atoms with Crippen molar-refractivity contribution in [1.29, 1.82) is 0 Å². The van der Waals surface area contributed by atoms with E-state index in [0.717, 1.165) is 34.8 Å². The fraction of sp³-hybridized carbons (Fsp3) is 0.323. The molecule has 0 radical (unpaired) electrons. The topological polar surface area (TPSA) is 63.5 Å². The van der Waals surface area contributed by atoms with Gasteiger partial charge in [0, 0.05) is 36.5 Å². The highest BCUT2D eigenvalue weighted by molar-refractivity contribution is 6.31. The monoisotopic (exact) mass is 541 g/mol. The highest BCUT2D eigenvalue weighted by atomic mass is 35.5.